The number of hydrogen-bond acceptors (Lipinski definition) is 4. The predicted octanol–water partition coefficient (Wildman–Crippen LogP) is 3.19. The Hall–Kier alpha value is 0.300. The standard InChI is InChI=1S/C7H15N2OPS2/c1-4-5-10-7(2)13-11(12)9-6-8-3/h6-7H,4-5H2,1-3H3. The third kappa shape index (κ3) is 8.63. The molecule has 2 unspecified atom stereocenters. The van der Waals surface area contributed by atoms with Crippen LogP contribution >= 0.6 is 17.1 Å². The van der Waals surface area contributed by atoms with Crippen molar-refractivity contribution in [1.82, 2.24) is 0 Å². The molecule has 6 heteroatoms. The number of aliphatic imine (C=N–C) groups is 1. The Morgan fingerprint density at radius 2 is 2.38 bits per heavy atom. The van der Waals surface area contributed by atoms with Gasteiger partial charge in [0.15, 0.2) is 0 Å². The Kier molecular flexibility index (Phi) is 9.08. The molecule has 0 radical (unpaired) electrons. The molecule has 76 valence electrons. The Morgan fingerprint density at radius 3 is 2.92 bits per heavy atom. The van der Waals surface area contributed by atoms with Crippen LogP contribution in [0.3, 0.4) is 0 Å². The zero-order valence-corrected chi connectivity index (χ0v) is 10.7. The van der Waals surface area contributed by atoms with Crippen LogP contribution in [0.1, 0.15) is 20.3 Å². The normalized spacial score (nSPS) is 15.2. The molecule has 0 saturated heterocycles. The topological polar surface area (TPSA) is 34.0 Å². The Morgan fingerprint density at radius 1 is 1.69 bits per heavy atom. The molecule has 0 saturated carbocycles. The van der Waals surface area contributed by atoms with Gasteiger partial charge in [0.05, 0.1) is 0 Å². The van der Waals surface area contributed by atoms with Crippen molar-refractivity contribution in [2.45, 2.75) is 25.7 Å². The van der Waals surface area contributed by atoms with Gasteiger partial charge in [-0.2, -0.15) is 0 Å². The summed E-state index contributed by atoms with van der Waals surface area (Å²) in [5.74, 6) is 0. The molecule has 0 bridgehead atoms. The minimum atomic E-state index is -0.792. The van der Waals surface area contributed by atoms with E-state index >= 15 is 0 Å². The van der Waals surface area contributed by atoms with E-state index in [9.17, 15) is 0 Å². The second-order valence-corrected chi connectivity index (χ2v) is 7.25. The second-order valence-electron chi connectivity index (χ2n) is 2.27. The number of ether oxygens (including phenoxy) is 1. The molecule has 0 fully saturated rings. The van der Waals surface area contributed by atoms with Gasteiger partial charge in [-0.25, -0.2) is 4.74 Å². The molecule has 0 aromatic carbocycles. The van der Waals surface area contributed by atoms with Gasteiger partial charge in [0.25, 0.3) is 0 Å². The third-order valence-electron chi connectivity index (χ3n) is 1.06. The monoisotopic (exact) mass is 238 g/mol. The highest BCUT2D eigenvalue weighted by Gasteiger charge is 2.01. The first-order valence-electron chi connectivity index (χ1n) is 4.07. The van der Waals surface area contributed by atoms with Gasteiger partial charge in [-0.15, -0.1) is 0 Å². The minimum Gasteiger partial charge on any atom is -0.367 e. The van der Waals surface area contributed by atoms with Crippen molar-refractivity contribution in [3.05, 3.63) is 0 Å². The summed E-state index contributed by atoms with van der Waals surface area (Å²) in [5.41, 5.74) is -0.655. The molecule has 0 N–H and O–H groups in total. The summed E-state index contributed by atoms with van der Waals surface area (Å²) in [7, 11) is 1.68. The van der Waals surface area contributed by atoms with Gasteiger partial charge < -0.3 is 4.74 Å². The zero-order valence-electron chi connectivity index (χ0n) is 8.14. The molecule has 0 heterocycles. The molecule has 13 heavy (non-hydrogen) atoms. The van der Waals surface area contributed by atoms with Crippen molar-refractivity contribution >= 4 is 35.2 Å². The fourth-order valence-electron chi connectivity index (χ4n) is 0.562. The first-order chi connectivity index (χ1) is 6.20. The van der Waals surface area contributed by atoms with Crippen LogP contribution in [-0.2, 0) is 16.5 Å². The SMILES string of the molecule is CCCOC(C)SP(=S)=NC=NC. The quantitative estimate of drug-likeness (QED) is 0.308. The molecule has 0 aromatic heterocycles. The molecule has 0 aliphatic rings. The van der Waals surface area contributed by atoms with E-state index in [0.29, 0.717) is 0 Å². The van der Waals surface area contributed by atoms with Crippen molar-refractivity contribution in [3.63, 3.8) is 0 Å². The minimum absolute atomic E-state index is 0.137. The third-order valence-corrected chi connectivity index (χ3v) is 4.73. The van der Waals surface area contributed by atoms with E-state index in [0.717, 1.165) is 13.0 Å². The van der Waals surface area contributed by atoms with Gasteiger partial charge in [-0.1, -0.05) is 6.92 Å². The molecule has 0 rings (SSSR count). The van der Waals surface area contributed by atoms with Crippen LogP contribution in [0.15, 0.2) is 9.74 Å². The average Bonchev–Trinajstić information content (AvgIpc) is 2.11. The van der Waals surface area contributed by atoms with Crippen LogP contribution in [0.2, 0.25) is 0 Å². The molecule has 0 amide bonds. The zero-order chi connectivity index (χ0) is 10.1. The maximum Gasteiger partial charge on any atom is 0.115 e. The van der Waals surface area contributed by atoms with Gasteiger partial charge in [-0.3, -0.25) is 4.99 Å². The van der Waals surface area contributed by atoms with Crippen LogP contribution in [0.4, 0.5) is 0 Å². The summed E-state index contributed by atoms with van der Waals surface area (Å²) in [6.45, 7) is 4.87. The lowest BCUT2D eigenvalue weighted by Crippen LogP contribution is -2.01. The summed E-state index contributed by atoms with van der Waals surface area (Å²) in [5, 5.41) is 0. The predicted molar refractivity (Wildman–Crippen MR) is 64.4 cm³/mol. The van der Waals surface area contributed by atoms with E-state index in [1.807, 2.05) is 6.92 Å². The van der Waals surface area contributed by atoms with Gasteiger partial charge in [-0.05, 0) is 36.5 Å². The second kappa shape index (κ2) is 8.88. The maximum absolute atomic E-state index is 5.45. The highest BCUT2D eigenvalue weighted by atomic mass is 32.9. The lowest BCUT2D eigenvalue weighted by molar-refractivity contribution is 0.125. The molecule has 0 aromatic rings. The van der Waals surface area contributed by atoms with E-state index in [1.54, 1.807) is 18.4 Å². The summed E-state index contributed by atoms with van der Waals surface area (Å²) in [6.07, 6.45) is 2.55. The molecule has 0 spiro atoms. The Bertz CT molecular complexity index is 227. The Balaban J connectivity index is 3.77. The van der Waals surface area contributed by atoms with Crippen molar-refractivity contribution in [3.8, 4) is 0 Å². The van der Waals surface area contributed by atoms with Crippen molar-refractivity contribution in [1.29, 1.82) is 0 Å². The van der Waals surface area contributed by atoms with Crippen LogP contribution in [0, 0.1) is 0 Å². The summed E-state index contributed by atoms with van der Waals surface area (Å²) < 4.78 is 9.51. The first kappa shape index (κ1) is 13.3. The van der Waals surface area contributed by atoms with Gasteiger partial charge >= 0.3 is 0 Å². The Labute approximate surface area is 89.2 Å². The summed E-state index contributed by atoms with van der Waals surface area (Å²) in [4.78, 5) is 3.75. The lowest BCUT2D eigenvalue weighted by Gasteiger charge is -2.07. The van der Waals surface area contributed by atoms with Gasteiger partial charge in [0.1, 0.15) is 17.5 Å². The van der Waals surface area contributed by atoms with E-state index in [4.69, 9.17) is 16.5 Å². The average molecular weight is 238 g/mol. The van der Waals surface area contributed by atoms with E-state index in [1.165, 1.54) is 6.34 Å². The molecule has 2 atom stereocenters. The van der Waals surface area contributed by atoms with E-state index < -0.39 is 5.69 Å². The van der Waals surface area contributed by atoms with Crippen molar-refractivity contribution in [2.75, 3.05) is 13.7 Å². The molecule has 0 aliphatic carbocycles. The summed E-state index contributed by atoms with van der Waals surface area (Å²) in [6, 6.07) is 0. The number of hydrogen-bond donors (Lipinski definition) is 0. The fourth-order valence-corrected chi connectivity index (χ4v) is 3.67. The molecular formula is C7H15N2OPS2. The largest absolute Gasteiger partial charge is 0.367 e. The van der Waals surface area contributed by atoms with E-state index in [-0.39, 0.29) is 5.44 Å². The number of nitrogens with zero attached hydrogens (tertiary/aromatic N) is 2. The summed E-state index contributed by atoms with van der Waals surface area (Å²) >= 11 is 6.70. The van der Waals surface area contributed by atoms with Crippen molar-refractivity contribution < 1.29 is 4.74 Å². The molecular weight excluding hydrogens is 223 g/mol. The molecule has 0 aliphatic heterocycles. The highest BCUT2D eigenvalue weighted by Crippen LogP contribution is 2.34. The first-order valence-corrected chi connectivity index (χ1v) is 7.87. The number of rotatable bonds is 6. The van der Waals surface area contributed by atoms with Crippen molar-refractivity contribution in [2.24, 2.45) is 9.74 Å². The van der Waals surface area contributed by atoms with Crippen LogP contribution in [-0.4, -0.2) is 25.4 Å². The van der Waals surface area contributed by atoms with Gasteiger partial charge in [0, 0.05) is 13.7 Å². The van der Waals surface area contributed by atoms with Crippen LogP contribution in [0.5, 0.6) is 0 Å². The van der Waals surface area contributed by atoms with Crippen LogP contribution in [0.25, 0.3) is 0 Å². The fraction of sp³-hybridized carbons (Fsp3) is 0.857. The highest BCUT2D eigenvalue weighted by molar-refractivity contribution is 8.61. The molecule has 3 nitrogen and oxygen atoms in total. The maximum atomic E-state index is 5.45. The van der Waals surface area contributed by atoms with Crippen LogP contribution < -0.4 is 0 Å². The smallest absolute Gasteiger partial charge is 0.115 e. The van der Waals surface area contributed by atoms with Gasteiger partial charge in [0.2, 0.25) is 0 Å². The van der Waals surface area contributed by atoms with E-state index in [2.05, 4.69) is 16.7 Å². The lowest BCUT2D eigenvalue weighted by atomic mass is 10.5.